The summed E-state index contributed by atoms with van der Waals surface area (Å²) in [5, 5.41) is 12.8. The van der Waals surface area contributed by atoms with Crippen molar-refractivity contribution in [1.82, 2.24) is 14.9 Å². The van der Waals surface area contributed by atoms with Crippen LogP contribution in [-0.2, 0) is 12.8 Å². The second-order valence-electron chi connectivity index (χ2n) is 5.27. The van der Waals surface area contributed by atoms with Crippen LogP contribution in [0, 0.1) is 4.77 Å². The zero-order valence-electron chi connectivity index (χ0n) is 12.3. The summed E-state index contributed by atoms with van der Waals surface area (Å²) in [5.41, 5.74) is 2.19. The molecular formula is C15H20ClN3O2S. The van der Waals surface area contributed by atoms with E-state index in [1.54, 1.807) is 12.1 Å². The Morgan fingerprint density at radius 1 is 1.50 bits per heavy atom. The van der Waals surface area contributed by atoms with Crippen molar-refractivity contribution in [3.05, 3.63) is 40.4 Å². The molecule has 22 heavy (non-hydrogen) atoms. The zero-order valence-corrected chi connectivity index (χ0v) is 14.0. The molecule has 0 amide bonds. The maximum atomic E-state index is 9.63. The fraction of sp³-hybridized carbons (Fsp3) is 0.400. The predicted molar refractivity (Wildman–Crippen MR) is 90.8 cm³/mol. The summed E-state index contributed by atoms with van der Waals surface area (Å²) < 4.78 is 8.68. The number of aromatic nitrogens is 2. The largest absolute Gasteiger partial charge is 0.508 e. The van der Waals surface area contributed by atoms with Crippen LogP contribution in [0.4, 0.5) is 0 Å². The second kappa shape index (κ2) is 7.17. The van der Waals surface area contributed by atoms with Crippen molar-refractivity contribution < 1.29 is 9.84 Å². The number of imidazole rings is 1. The number of likely N-dealkylation sites (N-methyl/N-ethyl adjacent to an activating group) is 1. The minimum Gasteiger partial charge on any atom is -0.508 e. The molecule has 0 saturated carbocycles. The quantitative estimate of drug-likeness (QED) is 0.748. The normalized spacial score (nSPS) is 16.5. The molecule has 2 heterocycles. The molecule has 3 rings (SSSR count). The average Bonchev–Trinajstić information content (AvgIpc) is 2.85. The first kappa shape index (κ1) is 16.9. The minimum absolute atomic E-state index is 0. The van der Waals surface area contributed by atoms with Crippen LogP contribution in [-0.4, -0.2) is 34.9 Å². The van der Waals surface area contributed by atoms with Gasteiger partial charge in [-0.05, 0) is 43.0 Å². The van der Waals surface area contributed by atoms with Crippen molar-refractivity contribution >= 4 is 24.6 Å². The third kappa shape index (κ3) is 3.29. The first-order valence-corrected chi connectivity index (χ1v) is 7.48. The van der Waals surface area contributed by atoms with Crippen LogP contribution in [0.5, 0.6) is 11.5 Å². The van der Waals surface area contributed by atoms with Crippen molar-refractivity contribution in [3.8, 4) is 11.5 Å². The Labute approximate surface area is 140 Å². The third-order valence-corrected chi connectivity index (χ3v) is 4.13. The van der Waals surface area contributed by atoms with Crippen molar-refractivity contribution in [2.45, 2.75) is 18.9 Å². The Kier molecular flexibility index (Phi) is 5.50. The predicted octanol–water partition coefficient (Wildman–Crippen LogP) is 2.61. The van der Waals surface area contributed by atoms with Crippen molar-refractivity contribution in [2.75, 3.05) is 20.2 Å². The number of nitrogens with zero attached hydrogens (tertiary/aromatic N) is 1. The lowest BCUT2D eigenvalue weighted by molar-refractivity contribution is 0.220. The second-order valence-corrected chi connectivity index (χ2v) is 5.66. The van der Waals surface area contributed by atoms with E-state index in [1.165, 1.54) is 5.69 Å². The van der Waals surface area contributed by atoms with Crippen LogP contribution in [0.1, 0.15) is 17.3 Å². The Balaban J connectivity index is 0.00000176. The molecule has 0 radical (unpaired) electrons. The monoisotopic (exact) mass is 341 g/mol. The fourth-order valence-electron chi connectivity index (χ4n) is 2.79. The van der Waals surface area contributed by atoms with Crippen LogP contribution >= 0.6 is 24.6 Å². The number of phenolic OH excluding ortho intramolecular Hbond substituents is 1. The van der Waals surface area contributed by atoms with Crippen LogP contribution < -0.4 is 10.1 Å². The number of ether oxygens (including phenoxy) is 1. The molecule has 2 aromatic rings. The summed E-state index contributed by atoms with van der Waals surface area (Å²) in [5.74, 6) is 1.12. The summed E-state index contributed by atoms with van der Waals surface area (Å²) in [6.45, 7) is 1.49. The molecule has 1 atom stereocenters. The van der Waals surface area contributed by atoms with E-state index in [2.05, 4.69) is 14.9 Å². The highest BCUT2D eigenvalue weighted by Crippen LogP contribution is 2.32. The van der Waals surface area contributed by atoms with Gasteiger partial charge in [0.2, 0.25) is 0 Å². The number of nitrogens with one attached hydrogen (secondary N) is 2. The van der Waals surface area contributed by atoms with Gasteiger partial charge in [0.1, 0.15) is 18.1 Å². The Morgan fingerprint density at radius 3 is 3.09 bits per heavy atom. The van der Waals surface area contributed by atoms with Gasteiger partial charge in [-0.2, -0.15) is 0 Å². The van der Waals surface area contributed by atoms with E-state index in [4.69, 9.17) is 17.0 Å². The van der Waals surface area contributed by atoms with Gasteiger partial charge >= 0.3 is 0 Å². The summed E-state index contributed by atoms with van der Waals surface area (Å²) in [6.07, 6.45) is 3.69. The zero-order chi connectivity index (χ0) is 14.8. The molecule has 0 unspecified atom stereocenters. The lowest BCUT2D eigenvalue weighted by Gasteiger charge is -2.27. The smallest absolute Gasteiger partial charge is 0.177 e. The molecule has 1 aromatic heterocycles. The summed E-state index contributed by atoms with van der Waals surface area (Å²) in [4.78, 5) is 3.12. The van der Waals surface area contributed by atoms with Crippen LogP contribution in [0.15, 0.2) is 24.4 Å². The SMILES string of the molecule is CNCCc1c[nH]c(=S)n1[C@@H]1COc2ccc(O)cc2C1.Cl. The molecule has 1 aliphatic rings. The topological polar surface area (TPSA) is 62.2 Å². The minimum atomic E-state index is 0. The number of rotatable bonds is 4. The van der Waals surface area contributed by atoms with Gasteiger partial charge in [-0.25, -0.2) is 0 Å². The third-order valence-electron chi connectivity index (χ3n) is 3.82. The van der Waals surface area contributed by atoms with Gasteiger partial charge in [0.25, 0.3) is 0 Å². The number of halogens is 1. The van der Waals surface area contributed by atoms with E-state index >= 15 is 0 Å². The first-order chi connectivity index (χ1) is 10.2. The molecular weight excluding hydrogens is 322 g/mol. The fourth-order valence-corrected chi connectivity index (χ4v) is 3.12. The van der Waals surface area contributed by atoms with Gasteiger partial charge in [-0.3, -0.25) is 0 Å². The van der Waals surface area contributed by atoms with Crippen LogP contribution in [0.2, 0.25) is 0 Å². The van der Waals surface area contributed by atoms with E-state index in [9.17, 15) is 5.11 Å². The number of phenols is 1. The Hall–Kier alpha value is -1.50. The molecule has 0 bridgehead atoms. The highest BCUT2D eigenvalue weighted by atomic mass is 35.5. The molecule has 120 valence electrons. The summed E-state index contributed by atoms with van der Waals surface area (Å²) in [6, 6.07) is 5.40. The van der Waals surface area contributed by atoms with Crippen LogP contribution in [0.25, 0.3) is 0 Å². The van der Waals surface area contributed by atoms with Gasteiger partial charge in [0.15, 0.2) is 4.77 Å². The maximum absolute atomic E-state index is 9.63. The highest BCUT2D eigenvalue weighted by molar-refractivity contribution is 7.71. The lowest BCUT2D eigenvalue weighted by Crippen LogP contribution is -2.26. The lowest BCUT2D eigenvalue weighted by atomic mass is 10.0. The molecule has 0 fully saturated rings. The van der Waals surface area contributed by atoms with E-state index < -0.39 is 0 Å². The van der Waals surface area contributed by atoms with Crippen LogP contribution in [0.3, 0.4) is 0 Å². The summed E-state index contributed by atoms with van der Waals surface area (Å²) >= 11 is 5.41. The molecule has 3 N–H and O–H groups in total. The molecule has 1 aliphatic heterocycles. The summed E-state index contributed by atoms with van der Waals surface area (Å²) in [7, 11) is 1.94. The van der Waals surface area contributed by atoms with Gasteiger partial charge in [-0.15, -0.1) is 12.4 Å². The van der Waals surface area contributed by atoms with E-state index in [0.717, 1.165) is 35.5 Å². The molecule has 1 aromatic carbocycles. The van der Waals surface area contributed by atoms with Gasteiger partial charge in [-0.1, -0.05) is 0 Å². The van der Waals surface area contributed by atoms with E-state index in [1.807, 2.05) is 19.3 Å². The maximum Gasteiger partial charge on any atom is 0.177 e. The number of aromatic amines is 1. The molecule has 0 aliphatic carbocycles. The van der Waals surface area contributed by atoms with E-state index in [-0.39, 0.29) is 24.2 Å². The average molecular weight is 342 g/mol. The van der Waals surface area contributed by atoms with Crippen molar-refractivity contribution in [3.63, 3.8) is 0 Å². The number of fused-ring (bicyclic) bond motifs is 1. The van der Waals surface area contributed by atoms with Gasteiger partial charge in [0, 0.05) is 31.3 Å². The van der Waals surface area contributed by atoms with Gasteiger partial charge in [0.05, 0.1) is 6.04 Å². The highest BCUT2D eigenvalue weighted by Gasteiger charge is 2.23. The molecule has 7 heteroatoms. The van der Waals surface area contributed by atoms with Gasteiger partial charge < -0.3 is 24.7 Å². The first-order valence-electron chi connectivity index (χ1n) is 7.07. The number of H-pyrrole nitrogens is 1. The van der Waals surface area contributed by atoms with Crippen molar-refractivity contribution in [1.29, 1.82) is 0 Å². The number of hydrogen-bond donors (Lipinski definition) is 3. The Morgan fingerprint density at radius 2 is 2.32 bits per heavy atom. The van der Waals surface area contributed by atoms with Crippen molar-refractivity contribution in [2.24, 2.45) is 0 Å². The Bertz CT molecular complexity index is 698. The molecule has 5 nitrogen and oxygen atoms in total. The molecule has 0 saturated heterocycles. The number of hydrogen-bond acceptors (Lipinski definition) is 4. The standard InChI is InChI=1S/C15H19N3O2S.ClH/c1-16-5-4-11-8-17-15(21)18(11)12-6-10-7-13(19)2-3-14(10)20-9-12;/h2-3,7-8,12,16,19H,4-6,9H2,1H3,(H,17,21);1H/t12-;/m0./s1. The number of aromatic hydroxyl groups is 1. The number of benzene rings is 1. The molecule has 0 spiro atoms. The van der Waals surface area contributed by atoms with E-state index in [0.29, 0.717) is 6.61 Å².